The lowest BCUT2D eigenvalue weighted by Crippen LogP contribution is -2.48. The zero-order valence-electron chi connectivity index (χ0n) is 13.4. The maximum atomic E-state index is 14.3. The van der Waals surface area contributed by atoms with Gasteiger partial charge in [0.05, 0.1) is 24.3 Å². The molecule has 1 amide bonds. The van der Waals surface area contributed by atoms with Gasteiger partial charge in [-0.05, 0) is 6.92 Å². The van der Waals surface area contributed by atoms with E-state index in [1.54, 1.807) is 11.8 Å². The second-order valence-corrected chi connectivity index (χ2v) is 5.41. The van der Waals surface area contributed by atoms with Crippen LogP contribution < -0.4 is 4.90 Å². The average Bonchev–Trinajstić information content (AvgIpc) is 2.96. The van der Waals surface area contributed by atoms with Crippen LogP contribution in [0.15, 0.2) is 17.5 Å². The highest BCUT2D eigenvalue weighted by Crippen LogP contribution is 2.19. The lowest BCUT2D eigenvalue weighted by atomic mass is 10.3. The molecule has 25 heavy (non-hydrogen) atoms. The van der Waals surface area contributed by atoms with E-state index in [0.717, 1.165) is 12.4 Å². The smallest absolute Gasteiger partial charge is 0.407 e. The summed E-state index contributed by atoms with van der Waals surface area (Å²) in [5.74, 6) is 0.0905. The number of amides is 1. The lowest BCUT2D eigenvalue weighted by Gasteiger charge is -2.33. The zero-order chi connectivity index (χ0) is 18.0. The van der Waals surface area contributed by atoms with Crippen molar-refractivity contribution in [2.75, 3.05) is 31.1 Å². The molecule has 2 N–H and O–H groups in total. The van der Waals surface area contributed by atoms with Gasteiger partial charge in [-0.25, -0.2) is 19.2 Å². The summed E-state index contributed by atoms with van der Waals surface area (Å²) in [7, 11) is 0. The summed E-state index contributed by atoms with van der Waals surface area (Å²) in [6, 6.07) is 0. The van der Waals surface area contributed by atoms with E-state index in [4.69, 9.17) is 10.3 Å². The second kappa shape index (κ2) is 6.71. The van der Waals surface area contributed by atoms with Crippen molar-refractivity contribution in [3.8, 4) is 5.82 Å². The van der Waals surface area contributed by atoms with Crippen LogP contribution in [0.5, 0.6) is 0 Å². The van der Waals surface area contributed by atoms with E-state index in [1.807, 2.05) is 0 Å². The van der Waals surface area contributed by atoms with Crippen LogP contribution in [0.25, 0.3) is 5.82 Å². The van der Waals surface area contributed by atoms with Crippen molar-refractivity contribution < 1.29 is 19.5 Å². The Morgan fingerprint density at radius 2 is 2.00 bits per heavy atom. The maximum absolute atomic E-state index is 14.3. The molecular formula is C14H16FN7O3. The van der Waals surface area contributed by atoms with Crippen LogP contribution in [0.1, 0.15) is 11.5 Å². The first-order valence-electron chi connectivity index (χ1n) is 7.48. The van der Waals surface area contributed by atoms with E-state index in [1.165, 1.54) is 15.7 Å². The van der Waals surface area contributed by atoms with Crippen LogP contribution in [0, 0.1) is 12.7 Å². The Morgan fingerprint density at radius 1 is 1.28 bits per heavy atom. The van der Waals surface area contributed by atoms with Gasteiger partial charge in [0.15, 0.2) is 11.6 Å². The molecule has 1 aliphatic rings. The number of aryl methyl sites for hydroxylation is 1. The minimum atomic E-state index is -0.970. The Balaban J connectivity index is 1.92. The summed E-state index contributed by atoms with van der Waals surface area (Å²) in [5, 5.41) is 20.7. The first-order valence-corrected chi connectivity index (χ1v) is 7.48. The summed E-state index contributed by atoms with van der Waals surface area (Å²) in [6.07, 6.45) is 2.65. The van der Waals surface area contributed by atoms with Crippen LogP contribution in [-0.4, -0.2) is 73.2 Å². The number of halogens is 1. The molecular weight excluding hydrogens is 333 g/mol. The Kier molecular flexibility index (Phi) is 4.46. The lowest BCUT2D eigenvalue weighted by molar-refractivity contribution is 0.142. The predicted molar refractivity (Wildman–Crippen MR) is 85.0 cm³/mol. The maximum Gasteiger partial charge on any atom is 0.407 e. The summed E-state index contributed by atoms with van der Waals surface area (Å²) in [6.45, 7) is 3.12. The van der Waals surface area contributed by atoms with Gasteiger partial charge in [-0.2, -0.15) is 4.98 Å². The first kappa shape index (κ1) is 16.6. The quantitative estimate of drug-likeness (QED) is 0.476. The fourth-order valence-corrected chi connectivity index (χ4v) is 2.64. The molecule has 1 saturated heterocycles. The number of piperazine rings is 1. The Morgan fingerprint density at radius 3 is 2.64 bits per heavy atom. The van der Waals surface area contributed by atoms with Gasteiger partial charge < -0.3 is 20.1 Å². The van der Waals surface area contributed by atoms with E-state index < -0.39 is 11.9 Å². The van der Waals surface area contributed by atoms with E-state index >= 15 is 0 Å². The largest absolute Gasteiger partial charge is 0.465 e. The number of hydrogen-bond donors (Lipinski definition) is 2. The highest BCUT2D eigenvalue weighted by Gasteiger charge is 2.23. The van der Waals surface area contributed by atoms with Gasteiger partial charge in [-0.1, -0.05) is 5.16 Å². The molecule has 10 nitrogen and oxygen atoms in total. The average molecular weight is 349 g/mol. The molecule has 0 aromatic carbocycles. The number of rotatable bonds is 3. The van der Waals surface area contributed by atoms with E-state index in [2.05, 4.69) is 20.1 Å². The molecule has 11 heteroatoms. The van der Waals surface area contributed by atoms with Crippen molar-refractivity contribution in [2.24, 2.45) is 5.16 Å². The predicted octanol–water partition coefficient (Wildman–Crippen LogP) is 0.718. The number of aromatic nitrogens is 4. The summed E-state index contributed by atoms with van der Waals surface area (Å²) < 4.78 is 15.7. The summed E-state index contributed by atoms with van der Waals surface area (Å²) >= 11 is 0. The highest BCUT2D eigenvalue weighted by atomic mass is 19.1. The van der Waals surface area contributed by atoms with E-state index in [0.29, 0.717) is 43.6 Å². The van der Waals surface area contributed by atoms with Crippen molar-refractivity contribution in [3.05, 3.63) is 29.7 Å². The minimum Gasteiger partial charge on any atom is -0.465 e. The third-order valence-corrected chi connectivity index (χ3v) is 3.91. The molecule has 0 aliphatic carbocycles. The molecule has 0 bridgehead atoms. The SMILES string of the molecule is Cc1ncc(C=NO)n1-c1nc(N2CCN(C(=O)O)CC2)ncc1F. The number of oxime groups is 1. The molecule has 0 spiro atoms. The van der Waals surface area contributed by atoms with Crippen LogP contribution >= 0.6 is 0 Å². The molecule has 0 unspecified atom stereocenters. The second-order valence-electron chi connectivity index (χ2n) is 5.41. The third-order valence-electron chi connectivity index (χ3n) is 3.91. The number of imidazole rings is 1. The Labute approximate surface area is 141 Å². The molecule has 1 aliphatic heterocycles. The van der Waals surface area contributed by atoms with Gasteiger partial charge >= 0.3 is 6.09 Å². The number of carbonyl (C=O) groups is 1. The van der Waals surface area contributed by atoms with Crippen LogP contribution in [0.3, 0.4) is 0 Å². The van der Waals surface area contributed by atoms with Gasteiger partial charge in [-0.15, -0.1) is 0 Å². The number of hydrogen-bond acceptors (Lipinski definition) is 7. The molecule has 3 heterocycles. The summed E-state index contributed by atoms with van der Waals surface area (Å²) in [5.41, 5.74) is 0.360. The van der Waals surface area contributed by atoms with Crippen molar-refractivity contribution in [3.63, 3.8) is 0 Å². The monoisotopic (exact) mass is 349 g/mol. The molecule has 2 aromatic heterocycles. The van der Waals surface area contributed by atoms with E-state index in [-0.39, 0.29) is 5.82 Å². The third kappa shape index (κ3) is 3.20. The first-order chi connectivity index (χ1) is 12.0. The van der Waals surface area contributed by atoms with Crippen LogP contribution in [0.2, 0.25) is 0 Å². The molecule has 3 rings (SSSR count). The van der Waals surface area contributed by atoms with Gasteiger partial charge in [0.1, 0.15) is 5.82 Å². The highest BCUT2D eigenvalue weighted by molar-refractivity contribution is 5.77. The number of carboxylic acid groups (broad SMARTS) is 1. The molecule has 0 saturated carbocycles. The van der Waals surface area contributed by atoms with Crippen molar-refractivity contribution in [1.82, 2.24) is 24.4 Å². The molecule has 0 radical (unpaired) electrons. The van der Waals surface area contributed by atoms with Crippen LogP contribution in [0.4, 0.5) is 15.1 Å². The normalized spacial score (nSPS) is 15.1. The molecule has 132 valence electrons. The van der Waals surface area contributed by atoms with E-state index in [9.17, 15) is 9.18 Å². The number of anilines is 1. The fraction of sp³-hybridized carbons (Fsp3) is 0.357. The van der Waals surface area contributed by atoms with Crippen molar-refractivity contribution in [2.45, 2.75) is 6.92 Å². The van der Waals surface area contributed by atoms with Crippen molar-refractivity contribution >= 4 is 18.3 Å². The molecule has 0 atom stereocenters. The number of nitrogens with zero attached hydrogens (tertiary/aromatic N) is 7. The van der Waals surface area contributed by atoms with Crippen LogP contribution in [-0.2, 0) is 0 Å². The zero-order valence-corrected chi connectivity index (χ0v) is 13.4. The molecule has 1 fully saturated rings. The van der Waals surface area contributed by atoms with Crippen molar-refractivity contribution in [1.29, 1.82) is 0 Å². The van der Waals surface area contributed by atoms with Gasteiger partial charge in [0, 0.05) is 26.2 Å². The fourth-order valence-electron chi connectivity index (χ4n) is 2.64. The summed E-state index contributed by atoms with van der Waals surface area (Å²) in [4.78, 5) is 26.4. The minimum absolute atomic E-state index is 0.0180. The topological polar surface area (TPSA) is 120 Å². The van der Waals surface area contributed by atoms with Gasteiger partial charge in [0.25, 0.3) is 0 Å². The Hall–Kier alpha value is -3.24. The Bertz CT molecular complexity index is 815. The molecule has 2 aromatic rings. The van der Waals surface area contributed by atoms with Gasteiger partial charge in [-0.3, -0.25) is 4.57 Å². The standard InChI is InChI=1S/C14H16FN7O3/c1-9-16-6-10(7-18-25)22(9)12-11(15)8-17-13(19-12)20-2-4-21(5-3-20)14(23)24/h6-8,25H,2-5H2,1H3,(H,23,24). The van der Waals surface area contributed by atoms with Gasteiger partial charge in [0.2, 0.25) is 5.95 Å².